The van der Waals surface area contributed by atoms with E-state index in [1.807, 2.05) is 0 Å². The Morgan fingerprint density at radius 3 is 1.50 bits per heavy atom. The van der Waals surface area contributed by atoms with Crippen molar-refractivity contribution in [3.8, 4) is 0 Å². The molecule has 3 rings (SSSR count). The molecule has 0 unspecified atom stereocenters. The third kappa shape index (κ3) is 9.09. The van der Waals surface area contributed by atoms with E-state index in [1.165, 1.54) is 96.7 Å². The first kappa shape index (κ1) is 32.2. The van der Waals surface area contributed by atoms with Gasteiger partial charge in [-0.25, -0.2) is 0 Å². The van der Waals surface area contributed by atoms with Gasteiger partial charge in [-0.15, -0.1) is 0 Å². The van der Waals surface area contributed by atoms with Crippen LogP contribution in [0.1, 0.15) is 114 Å². The van der Waals surface area contributed by atoms with Gasteiger partial charge in [-0.05, 0) is 160 Å². The van der Waals surface area contributed by atoms with Gasteiger partial charge in [-0.3, -0.25) is 0 Å². The number of hydrogen-bond acceptors (Lipinski definition) is 0. The van der Waals surface area contributed by atoms with Gasteiger partial charge in [-0.2, -0.15) is 0 Å². The predicted octanol–water partition coefficient (Wildman–Crippen LogP) is 11.3. The molecule has 0 amide bonds. The van der Waals surface area contributed by atoms with Crippen LogP contribution in [0.5, 0.6) is 0 Å². The lowest BCUT2D eigenvalue weighted by atomic mass is 9.85. The second-order valence-electron chi connectivity index (χ2n) is 13.6. The van der Waals surface area contributed by atoms with Gasteiger partial charge in [0.15, 0.2) is 0 Å². The van der Waals surface area contributed by atoms with E-state index in [-0.39, 0.29) is 0 Å². The van der Waals surface area contributed by atoms with E-state index in [2.05, 4.69) is 112 Å². The summed E-state index contributed by atoms with van der Waals surface area (Å²) in [5.74, 6) is 2.22. The molecule has 0 saturated carbocycles. The van der Waals surface area contributed by atoms with E-state index in [1.54, 1.807) is 22.3 Å². The van der Waals surface area contributed by atoms with Gasteiger partial charge in [0.25, 0.3) is 0 Å². The summed E-state index contributed by atoms with van der Waals surface area (Å²) in [6.45, 7) is 23.3. The Labute approximate surface area is 248 Å². The highest BCUT2D eigenvalue weighted by Gasteiger charge is 2.14. The second-order valence-corrected chi connectivity index (χ2v) is 13.6. The highest BCUT2D eigenvalue weighted by atomic mass is 14.2. The maximum atomic E-state index is 2.47. The summed E-state index contributed by atoms with van der Waals surface area (Å²) >= 11 is 0. The molecule has 3 aromatic carbocycles. The molecule has 0 aliphatic heterocycles. The molecule has 0 saturated heterocycles. The van der Waals surface area contributed by atoms with E-state index < -0.39 is 0 Å². The first-order valence-electron chi connectivity index (χ1n) is 16.2. The second kappa shape index (κ2) is 15.0. The lowest BCUT2D eigenvalue weighted by Gasteiger charge is -2.20. The van der Waals surface area contributed by atoms with E-state index in [4.69, 9.17) is 0 Å². The SMILES string of the molecule is Cc1ccc(C[C@@H](C)CCC[C@@H](C)CCc2c(C)ccc(C)c2C)c(C[C@H](C)CCc2c(C)ccc(C)c2C)c1. The van der Waals surface area contributed by atoms with Crippen LogP contribution in [0.2, 0.25) is 0 Å². The van der Waals surface area contributed by atoms with Crippen LogP contribution in [0.4, 0.5) is 0 Å². The van der Waals surface area contributed by atoms with Crippen LogP contribution in [0.15, 0.2) is 42.5 Å². The standard InChI is InChI=1S/C40H58/c1-27(15-22-39-33(7)19-17-31(5)35(39)9)12-11-13-28(2)24-37-21-14-29(3)25-38(37)26-30(4)16-23-40-34(8)20-18-32(6)36(40)10/h14,17-21,25,27-28,30H,11-13,15-16,22-24,26H2,1-10H3/t27-,28+,30-/m1/s1. The molecule has 218 valence electrons. The molecule has 3 aromatic rings. The van der Waals surface area contributed by atoms with Crippen molar-refractivity contribution >= 4 is 0 Å². The van der Waals surface area contributed by atoms with Gasteiger partial charge in [0.2, 0.25) is 0 Å². The third-order valence-electron chi connectivity index (χ3n) is 9.87. The fourth-order valence-corrected chi connectivity index (χ4v) is 6.63. The molecule has 0 fully saturated rings. The Kier molecular flexibility index (Phi) is 12.1. The normalized spacial score (nSPS) is 13.8. The zero-order chi connectivity index (χ0) is 29.4. The zero-order valence-electron chi connectivity index (χ0n) is 27.6. The number of rotatable bonds is 14. The predicted molar refractivity (Wildman–Crippen MR) is 178 cm³/mol. The lowest BCUT2D eigenvalue weighted by molar-refractivity contribution is 0.422. The van der Waals surface area contributed by atoms with Gasteiger partial charge in [0.1, 0.15) is 0 Å². The highest BCUT2D eigenvalue weighted by molar-refractivity contribution is 5.40. The molecule has 0 aromatic heterocycles. The van der Waals surface area contributed by atoms with Crippen LogP contribution in [0.25, 0.3) is 0 Å². The van der Waals surface area contributed by atoms with Crippen LogP contribution in [0, 0.1) is 66.2 Å². The van der Waals surface area contributed by atoms with E-state index in [0.29, 0.717) is 5.92 Å². The highest BCUT2D eigenvalue weighted by Crippen LogP contribution is 2.27. The molecule has 0 spiro atoms. The maximum absolute atomic E-state index is 2.47. The fraction of sp³-hybridized carbons (Fsp3) is 0.550. The molecule has 0 bridgehead atoms. The summed E-state index contributed by atoms with van der Waals surface area (Å²) in [6.07, 6.45) is 11.4. The van der Waals surface area contributed by atoms with Gasteiger partial charge in [0, 0.05) is 0 Å². The van der Waals surface area contributed by atoms with Crippen molar-refractivity contribution in [1.29, 1.82) is 0 Å². The molecular formula is C40H58. The van der Waals surface area contributed by atoms with Crippen LogP contribution >= 0.6 is 0 Å². The third-order valence-corrected chi connectivity index (χ3v) is 9.87. The zero-order valence-corrected chi connectivity index (χ0v) is 27.6. The van der Waals surface area contributed by atoms with Crippen molar-refractivity contribution in [2.75, 3.05) is 0 Å². The van der Waals surface area contributed by atoms with Gasteiger partial charge in [0.05, 0.1) is 0 Å². The molecule has 0 aliphatic carbocycles. The van der Waals surface area contributed by atoms with Crippen LogP contribution in [-0.4, -0.2) is 0 Å². The summed E-state index contributed by atoms with van der Waals surface area (Å²) in [6, 6.07) is 16.4. The van der Waals surface area contributed by atoms with Gasteiger partial charge >= 0.3 is 0 Å². The minimum Gasteiger partial charge on any atom is -0.0625 e. The number of benzene rings is 3. The van der Waals surface area contributed by atoms with Crippen LogP contribution in [0.3, 0.4) is 0 Å². The van der Waals surface area contributed by atoms with Crippen molar-refractivity contribution in [2.24, 2.45) is 17.8 Å². The molecule has 3 atom stereocenters. The first-order chi connectivity index (χ1) is 19.0. The van der Waals surface area contributed by atoms with Crippen molar-refractivity contribution in [3.05, 3.63) is 104 Å². The maximum Gasteiger partial charge on any atom is -0.0250 e. The van der Waals surface area contributed by atoms with Crippen LogP contribution < -0.4 is 0 Å². The summed E-state index contributed by atoms with van der Waals surface area (Å²) in [5.41, 5.74) is 16.5. The summed E-state index contributed by atoms with van der Waals surface area (Å²) in [4.78, 5) is 0. The Hall–Kier alpha value is -2.34. The summed E-state index contributed by atoms with van der Waals surface area (Å²) in [7, 11) is 0. The average Bonchev–Trinajstić information content (AvgIpc) is 2.90. The smallest absolute Gasteiger partial charge is 0.0250 e. The average molecular weight is 539 g/mol. The number of hydrogen-bond donors (Lipinski definition) is 0. The van der Waals surface area contributed by atoms with Crippen LogP contribution in [-0.2, 0) is 25.7 Å². The molecule has 0 nitrogen and oxygen atoms in total. The molecule has 0 N–H and O–H groups in total. The Bertz CT molecular complexity index is 1240. The fourth-order valence-electron chi connectivity index (χ4n) is 6.63. The quantitative estimate of drug-likeness (QED) is 0.191. The largest absolute Gasteiger partial charge is 0.0625 e. The van der Waals surface area contributed by atoms with Crippen molar-refractivity contribution < 1.29 is 0 Å². The van der Waals surface area contributed by atoms with E-state index in [0.717, 1.165) is 11.8 Å². The van der Waals surface area contributed by atoms with Crippen molar-refractivity contribution in [2.45, 2.75) is 127 Å². The number of aryl methyl sites for hydroxylation is 5. The monoisotopic (exact) mass is 538 g/mol. The Morgan fingerprint density at radius 1 is 0.475 bits per heavy atom. The first-order valence-corrected chi connectivity index (χ1v) is 16.2. The van der Waals surface area contributed by atoms with E-state index in [9.17, 15) is 0 Å². The Morgan fingerprint density at radius 2 is 0.925 bits per heavy atom. The molecule has 0 aliphatic rings. The molecule has 0 heterocycles. The lowest BCUT2D eigenvalue weighted by Crippen LogP contribution is -2.09. The molecule has 0 radical (unpaired) electrons. The summed E-state index contributed by atoms with van der Waals surface area (Å²) in [5, 5.41) is 0. The van der Waals surface area contributed by atoms with Crippen molar-refractivity contribution in [1.82, 2.24) is 0 Å². The molecular weight excluding hydrogens is 480 g/mol. The molecule has 0 heteroatoms. The molecule has 40 heavy (non-hydrogen) atoms. The van der Waals surface area contributed by atoms with Gasteiger partial charge < -0.3 is 0 Å². The summed E-state index contributed by atoms with van der Waals surface area (Å²) < 4.78 is 0. The minimum absolute atomic E-state index is 0.691. The van der Waals surface area contributed by atoms with Gasteiger partial charge in [-0.1, -0.05) is 88.1 Å². The topological polar surface area (TPSA) is 0 Å². The Balaban J connectivity index is 1.49. The van der Waals surface area contributed by atoms with E-state index >= 15 is 0 Å². The van der Waals surface area contributed by atoms with Crippen molar-refractivity contribution in [3.63, 3.8) is 0 Å². The minimum atomic E-state index is 0.691.